The van der Waals surface area contributed by atoms with Crippen molar-refractivity contribution in [1.29, 1.82) is 0 Å². The number of esters is 2. The fourth-order valence-corrected chi connectivity index (χ4v) is 5.85. The van der Waals surface area contributed by atoms with Gasteiger partial charge in [-0.1, -0.05) is 13.0 Å². The average Bonchev–Trinajstić information content (AvgIpc) is 3.18. The van der Waals surface area contributed by atoms with Crippen LogP contribution in [0, 0.1) is 29.6 Å². The molecule has 0 unspecified atom stereocenters. The molecule has 12 atom stereocenters. The summed E-state index contributed by atoms with van der Waals surface area (Å²) >= 11 is 0. The highest BCUT2D eigenvalue weighted by Gasteiger charge is 2.49. The minimum Gasteiger partial charge on any atom is -0.471 e. The van der Waals surface area contributed by atoms with E-state index in [1.165, 1.54) is 12.3 Å². The zero-order valence-corrected chi connectivity index (χ0v) is 20.6. The van der Waals surface area contributed by atoms with Crippen LogP contribution in [0.5, 0.6) is 0 Å². The van der Waals surface area contributed by atoms with Gasteiger partial charge in [-0.15, -0.1) is 6.58 Å². The molecule has 0 aromatic carbocycles. The summed E-state index contributed by atoms with van der Waals surface area (Å²) in [6.45, 7) is 5.21. The lowest BCUT2D eigenvalue weighted by molar-refractivity contribution is -0.339. The summed E-state index contributed by atoms with van der Waals surface area (Å²) in [6, 6.07) is 0. The molecular formula is C25H36O12. The van der Waals surface area contributed by atoms with Crippen LogP contribution in [0.15, 0.2) is 24.5 Å². The van der Waals surface area contributed by atoms with Crippen molar-refractivity contribution in [1.82, 2.24) is 0 Å². The van der Waals surface area contributed by atoms with E-state index >= 15 is 0 Å². The Labute approximate surface area is 214 Å². The van der Waals surface area contributed by atoms with Gasteiger partial charge in [0.2, 0.25) is 6.29 Å². The summed E-state index contributed by atoms with van der Waals surface area (Å²) in [4.78, 5) is 24.9. The van der Waals surface area contributed by atoms with Crippen LogP contribution in [0.3, 0.4) is 0 Å². The van der Waals surface area contributed by atoms with E-state index in [1.54, 1.807) is 0 Å². The van der Waals surface area contributed by atoms with Gasteiger partial charge in [0.1, 0.15) is 30.5 Å². The first-order valence-electron chi connectivity index (χ1n) is 12.6. The van der Waals surface area contributed by atoms with Gasteiger partial charge in [0.15, 0.2) is 6.29 Å². The highest BCUT2D eigenvalue weighted by molar-refractivity contribution is 5.89. The number of aliphatic hydroxyl groups is 5. The Morgan fingerprint density at radius 3 is 2.62 bits per heavy atom. The fraction of sp³-hybridized carbons (Fsp3) is 0.760. The molecule has 1 aliphatic carbocycles. The molecule has 3 aliphatic heterocycles. The van der Waals surface area contributed by atoms with Crippen molar-refractivity contribution in [3.63, 3.8) is 0 Å². The van der Waals surface area contributed by atoms with Crippen LogP contribution >= 0.6 is 0 Å². The number of cyclic esters (lactones) is 1. The number of fused-ring (bicyclic) bond motifs is 1. The third-order valence-corrected chi connectivity index (χ3v) is 8.10. The van der Waals surface area contributed by atoms with Crippen molar-refractivity contribution in [2.75, 3.05) is 19.8 Å². The quantitative estimate of drug-likeness (QED) is 0.191. The molecule has 4 aliphatic rings. The smallest absolute Gasteiger partial charge is 0.337 e. The molecule has 5 N–H and O–H groups in total. The summed E-state index contributed by atoms with van der Waals surface area (Å²) in [6.07, 6.45) is -5.26. The van der Waals surface area contributed by atoms with Gasteiger partial charge in [0.05, 0.1) is 25.0 Å². The molecule has 0 bridgehead atoms. The lowest BCUT2D eigenvalue weighted by Crippen LogP contribution is -2.60. The molecule has 208 valence electrons. The van der Waals surface area contributed by atoms with Gasteiger partial charge in [-0.05, 0) is 24.7 Å². The molecule has 1 saturated carbocycles. The summed E-state index contributed by atoms with van der Waals surface area (Å²) in [5, 5.41) is 49.5. The Bertz CT molecular complexity index is 874. The average molecular weight is 529 g/mol. The molecular weight excluding hydrogens is 492 g/mol. The number of hydrogen-bond acceptors (Lipinski definition) is 12. The summed E-state index contributed by atoms with van der Waals surface area (Å²) in [5.41, 5.74) is 0.182. The van der Waals surface area contributed by atoms with Crippen molar-refractivity contribution >= 4 is 11.9 Å². The molecule has 0 aromatic heterocycles. The molecule has 12 nitrogen and oxygen atoms in total. The first kappa shape index (κ1) is 28.0. The molecule has 0 aromatic rings. The standard InChI is InChI=1S/C25H36O12/c1-3-13-14(4-5-26)16(23(32)35-17-6-12-7-19(28)33-9-15(12)11(17)2)10-34-24(13)37-25-22(31)21(30)20(29)18(8-27)36-25/h3,10-15,17-18,20-22,24-27,29-31H,1,4-9H2,2H3/t11-,12-,13-,14+,15-,17+,18-,20-,21+,22-,24+,25+/m1/s1. The normalized spacial score (nSPS) is 43.7. The second-order valence-corrected chi connectivity index (χ2v) is 10.2. The molecule has 2 saturated heterocycles. The van der Waals surface area contributed by atoms with Crippen molar-refractivity contribution < 1.29 is 58.8 Å². The number of carbonyl (C=O) groups excluding carboxylic acids is 2. The van der Waals surface area contributed by atoms with Gasteiger partial charge in [-0.3, -0.25) is 4.79 Å². The fourth-order valence-electron chi connectivity index (χ4n) is 5.85. The molecule has 3 fully saturated rings. The van der Waals surface area contributed by atoms with Gasteiger partial charge in [0, 0.05) is 30.8 Å². The Balaban J connectivity index is 1.47. The summed E-state index contributed by atoms with van der Waals surface area (Å²) < 4.78 is 27.9. The van der Waals surface area contributed by atoms with E-state index in [2.05, 4.69) is 6.58 Å². The monoisotopic (exact) mass is 528 g/mol. The van der Waals surface area contributed by atoms with Crippen LogP contribution in [0.2, 0.25) is 0 Å². The second-order valence-electron chi connectivity index (χ2n) is 10.2. The molecule has 3 heterocycles. The molecule has 0 spiro atoms. The Morgan fingerprint density at radius 2 is 1.95 bits per heavy atom. The van der Waals surface area contributed by atoms with Crippen molar-refractivity contribution in [3.8, 4) is 0 Å². The maximum atomic E-state index is 13.2. The van der Waals surface area contributed by atoms with Crippen molar-refractivity contribution in [2.24, 2.45) is 29.6 Å². The van der Waals surface area contributed by atoms with E-state index in [0.29, 0.717) is 19.4 Å². The topological polar surface area (TPSA) is 181 Å². The third kappa shape index (κ3) is 5.56. The first-order valence-corrected chi connectivity index (χ1v) is 12.6. The van der Waals surface area contributed by atoms with Crippen molar-refractivity contribution in [2.45, 2.75) is 69.3 Å². The van der Waals surface area contributed by atoms with E-state index < -0.39 is 67.5 Å². The minimum atomic E-state index is -1.64. The van der Waals surface area contributed by atoms with E-state index in [-0.39, 0.29) is 42.3 Å². The summed E-state index contributed by atoms with van der Waals surface area (Å²) in [5.74, 6) is -1.93. The first-order chi connectivity index (χ1) is 17.7. The maximum Gasteiger partial charge on any atom is 0.337 e. The van der Waals surface area contributed by atoms with Crippen molar-refractivity contribution in [3.05, 3.63) is 24.5 Å². The predicted molar refractivity (Wildman–Crippen MR) is 123 cm³/mol. The van der Waals surface area contributed by atoms with Crippen LogP contribution in [-0.4, -0.2) is 100 Å². The predicted octanol–water partition coefficient (Wildman–Crippen LogP) is -1.03. The van der Waals surface area contributed by atoms with E-state index in [1.807, 2.05) is 6.92 Å². The van der Waals surface area contributed by atoms with Gasteiger partial charge < -0.3 is 49.2 Å². The number of ether oxygens (including phenoxy) is 5. The Morgan fingerprint density at radius 1 is 1.19 bits per heavy atom. The molecule has 0 amide bonds. The third-order valence-electron chi connectivity index (χ3n) is 8.10. The molecule has 37 heavy (non-hydrogen) atoms. The lowest BCUT2D eigenvalue weighted by atomic mass is 9.81. The second kappa shape index (κ2) is 11.8. The number of hydrogen-bond donors (Lipinski definition) is 5. The van der Waals surface area contributed by atoms with Crippen LogP contribution in [0.1, 0.15) is 26.2 Å². The van der Waals surface area contributed by atoms with Crippen LogP contribution in [0.25, 0.3) is 0 Å². The summed E-state index contributed by atoms with van der Waals surface area (Å²) in [7, 11) is 0. The number of carbonyl (C=O) groups is 2. The van der Waals surface area contributed by atoms with E-state index in [9.17, 15) is 35.1 Å². The largest absolute Gasteiger partial charge is 0.471 e. The van der Waals surface area contributed by atoms with E-state index in [0.717, 1.165) is 0 Å². The Kier molecular flexibility index (Phi) is 8.89. The van der Waals surface area contributed by atoms with Crippen LogP contribution in [-0.2, 0) is 33.3 Å². The Hall–Kier alpha value is -2.06. The number of rotatable bonds is 8. The number of aliphatic hydroxyl groups excluding tert-OH is 5. The minimum absolute atomic E-state index is 0.000852. The van der Waals surface area contributed by atoms with Gasteiger partial charge in [-0.2, -0.15) is 0 Å². The van der Waals surface area contributed by atoms with Crippen LogP contribution in [0.4, 0.5) is 0 Å². The molecule has 0 radical (unpaired) electrons. The van der Waals surface area contributed by atoms with Gasteiger partial charge >= 0.3 is 11.9 Å². The van der Waals surface area contributed by atoms with Gasteiger partial charge in [0.25, 0.3) is 0 Å². The highest BCUT2D eigenvalue weighted by Crippen LogP contribution is 2.44. The van der Waals surface area contributed by atoms with Gasteiger partial charge in [-0.25, -0.2) is 4.79 Å². The lowest BCUT2D eigenvalue weighted by Gasteiger charge is -2.43. The molecule has 12 heteroatoms. The SMILES string of the molecule is C=C[C@H]1[C@H](O[C@@H]2O[C@H](CO)[C@@H](O)[C@H](O)[C@H]2O)OC=C(C(=O)O[C@H]2C[C@@H]3CC(=O)OC[C@@H]3[C@H]2C)[C@H]1CCO. The van der Waals surface area contributed by atoms with E-state index in [4.69, 9.17) is 23.7 Å². The highest BCUT2D eigenvalue weighted by atomic mass is 16.8. The molecule has 4 rings (SSSR count). The maximum absolute atomic E-state index is 13.2. The zero-order valence-electron chi connectivity index (χ0n) is 20.6. The zero-order chi connectivity index (χ0) is 26.9. The van der Waals surface area contributed by atoms with Crippen LogP contribution < -0.4 is 0 Å².